The third kappa shape index (κ3) is 4.11. The Bertz CT molecular complexity index is 536. The van der Waals surface area contributed by atoms with Gasteiger partial charge in [-0.05, 0) is 18.4 Å². The first-order valence-electron chi connectivity index (χ1n) is 5.88. The van der Waals surface area contributed by atoms with E-state index >= 15 is 0 Å². The van der Waals surface area contributed by atoms with Crippen LogP contribution in [0.25, 0.3) is 0 Å². The number of thioether (sulfide) groups is 1. The topological polar surface area (TPSA) is 73.1 Å². The lowest BCUT2D eigenvalue weighted by Gasteiger charge is -2.09. The van der Waals surface area contributed by atoms with Gasteiger partial charge < -0.3 is 15.8 Å². The lowest BCUT2D eigenvalue weighted by Crippen LogP contribution is -2.10. The molecule has 1 heterocycles. The molecule has 0 saturated heterocycles. The highest BCUT2D eigenvalue weighted by Gasteiger charge is 2.00. The van der Waals surface area contributed by atoms with Crippen LogP contribution >= 0.6 is 11.8 Å². The molecule has 6 heteroatoms. The molecule has 0 spiro atoms. The van der Waals surface area contributed by atoms with Crippen molar-refractivity contribution in [3.63, 3.8) is 0 Å². The minimum Gasteiger partial charge on any atom is -0.492 e. The van der Waals surface area contributed by atoms with Gasteiger partial charge in [0.25, 0.3) is 0 Å². The smallest absolute Gasteiger partial charge is 0.134 e. The first-order chi connectivity index (χ1) is 9.31. The van der Waals surface area contributed by atoms with Crippen LogP contribution in [-0.4, -0.2) is 29.4 Å². The second-order valence-electron chi connectivity index (χ2n) is 3.74. The molecular weight excluding hydrogens is 260 g/mol. The van der Waals surface area contributed by atoms with Gasteiger partial charge in [-0.25, -0.2) is 9.97 Å². The predicted molar refractivity (Wildman–Crippen MR) is 78.1 cm³/mol. The third-order valence-corrected chi connectivity index (χ3v) is 2.99. The molecule has 0 bridgehead atoms. The van der Waals surface area contributed by atoms with Gasteiger partial charge in [0.1, 0.15) is 29.5 Å². The van der Waals surface area contributed by atoms with Gasteiger partial charge in [-0.3, -0.25) is 0 Å². The molecule has 5 nitrogen and oxygen atoms in total. The minimum absolute atomic E-state index is 0.501. The zero-order valence-corrected chi connectivity index (χ0v) is 11.5. The molecule has 0 aliphatic carbocycles. The fourth-order valence-corrected chi connectivity index (χ4v) is 1.89. The van der Waals surface area contributed by atoms with E-state index < -0.39 is 0 Å². The van der Waals surface area contributed by atoms with Gasteiger partial charge in [0, 0.05) is 24.4 Å². The summed E-state index contributed by atoms with van der Waals surface area (Å²) in [6, 6.07) is 9.59. The Morgan fingerprint density at radius 1 is 1.32 bits per heavy atom. The highest BCUT2D eigenvalue weighted by atomic mass is 32.2. The fourth-order valence-electron chi connectivity index (χ4n) is 1.51. The summed E-state index contributed by atoms with van der Waals surface area (Å²) in [5.41, 5.74) is 6.33. The van der Waals surface area contributed by atoms with Crippen LogP contribution < -0.4 is 15.8 Å². The van der Waals surface area contributed by atoms with Crippen LogP contribution in [-0.2, 0) is 0 Å². The molecule has 2 aromatic rings. The number of aromatic nitrogens is 2. The van der Waals surface area contributed by atoms with Crippen molar-refractivity contribution in [2.75, 3.05) is 24.7 Å². The second kappa shape index (κ2) is 6.96. The van der Waals surface area contributed by atoms with E-state index in [2.05, 4.69) is 15.3 Å². The average Bonchev–Trinajstić information content (AvgIpc) is 2.46. The fraction of sp³-hybridized carbons (Fsp3) is 0.231. The second-order valence-corrected chi connectivity index (χ2v) is 4.56. The monoisotopic (exact) mass is 276 g/mol. The Morgan fingerprint density at radius 2 is 2.21 bits per heavy atom. The van der Waals surface area contributed by atoms with Gasteiger partial charge in [-0.2, -0.15) is 0 Å². The lowest BCUT2D eigenvalue weighted by molar-refractivity contribution is 0.328. The number of hydrogen-bond donors (Lipinski definition) is 2. The Hall–Kier alpha value is -1.79. The maximum Gasteiger partial charge on any atom is 0.134 e. The number of rotatable bonds is 6. The summed E-state index contributed by atoms with van der Waals surface area (Å²) in [6.45, 7) is 1.01. The highest BCUT2D eigenvalue weighted by Crippen LogP contribution is 2.21. The third-order valence-electron chi connectivity index (χ3n) is 2.34. The van der Waals surface area contributed by atoms with Crippen molar-refractivity contribution >= 4 is 23.3 Å². The van der Waals surface area contributed by atoms with Crippen LogP contribution in [0, 0.1) is 0 Å². The van der Waals surface area contributed by atoms with Crippen molar-refractivity contribution in [1.82, 2.24) is 9.97 Å². The summed E-state index contributed by atoms with van der Waals surface area (Å²) < 4.78 is 5.48. The molecule has 0 saturated carbocycles. The number of hydrogen-bond acceptors (Lipinski definition) is 6. The van der Waals surface area contributed by atoms with Crippen molar-refractivity contribution in [2.24, 2.45) is 5.73 Å². The summed E-state index contributed by atoms with van der Waals surface area (Å²) in [6.07, 6.45) is 3.52. The summed E-state index contributed by atoms with van der Waals surface area (Å²) >= 11 is 1.58. The number of anilines is 2. The predicted octanol–water partition coefficient (Wildman–Crippen LogP) is 2.28. The number of nitrogens with two attached hydrogens (primary N) is 1. The van der Waals surface area contributed by atoms with Crippen LogP contribution in [0.2, 0.25) is 0 Å². The zero-order valence-electron chi connectivity index (χ0n) is 10.7. The van der Waals surface area contributed by atoms with Crippen molar-refractivity contribution in [1.29, 1.82) is 0 Å². The number of ether oxygens (including phenoxy) is 1. The number of nitrogens with one attached hydrogen (secondary N) is 1. The molecule has 0 amide bonds. The summed E-state index contributed by atoms with van der Waals surface area (Å²) in [7, 11) is 0. The number of nitrogens with zero attached hydrogens (tertiary/aromatic N) is 2. The maximum atomic E-state index is 5.48. The largest absolute Gasteiger partial charge is 0.492 e. The van der Waals surface area contributed by atoms with Crippen LogP contribution in [0.15, 0.2) is 41.7 Å². The van der Waals surface area contributed by atoms with Crippen molar-refractivity contribution in [2.45, 2.75) is 5.03 Å². The molecule has 0 atom stereocenters. The van der Waals surface area contributed by atoms with E-state index in [-0.39, 0.29) is 0 Å². The zero-order chi connectivity index (χ0) is 13.5. The van der Waals surface area contributed by atoms with Gasteiger partial charge in [-0.15, -0.1) is 11.8 Å². The summed E-state index contributed by atoms with van der Waals surface area (Å²) in [5, 5.41) is 4.14. The Balaban J connectivity index is 2.09. The summed E-state index contributed by atoms with van der Waals surface area (Å²) in [4.78, 5) is 8.31. The molecule has 19 heavy (non-hydrogen) atoms. The molecule has 0 fully saturated rings. The SMILES string of the molecule is CSc1cc(Nc2cccc(OCCN)c2)ncn1. The van der Waals surface area contributed by atoms with Gasteiger partial charge in [0.15, 0.2) is 0 Å². The molecule has 0 aliphatic rings. The highest BCUT2D eigenvalue weighted by molar-refractivity contribution is 7.98. The standard InChI is InChI=1S/C13H16N4OS/c1-19-13-8-12(15-9-16-13)17-10-3-2-4-11(7-10)18-6-5-14/h2-4,7-9H,5-6,14H2,1H3,(H,15,16,17). The molecule has 0 unspecified atom stereocenters. The molecule has 3 N–H and O–H groups in total. The van der Waals surface area contributed by atoms with Crippen molar-refractivity contribution in [3.05, 3.63) is 36.7 Å². The van der Waals surface area contributed by atoms with E-state index in [0.717, 1.165) is 22.3 Å². The maximum absolute atomic E-state index is 5.48. The quantitative estimate of drug-likeness (QED) is 0.623. The Kier molecular flexibility index (Phi) is 5.00. The van der Waals surface area contributed by atoms with Crippen molar-refractivity contribution < 1.29 is 4.74 Å². The van der Waals surface area contributed by atoms with Crippen LogP contribution in [0.1, 0.15) is 0 Å². The van der Waals surface area contributed by atoms with E-state index in [1.54, 1.807) is 18.1 Å². The molecule has 0 aliphatic heterocycles. The number of benzene rings is 1. The van der Waals surface area contributed by atoms with Gasteiger partial charge in [0.05, 0.1) is 0 Å². The van der Waals surface area contributed by atoms with Gasteiger partial charge in [-0.1, -0.05) is 6.07 Å². The van der Waals surface area contributed by atoms with E-state index in [0.29, 0.717) is 13.2 Å². The lowest BCUT2D eigenvalue weighted by atomic mass is 10.3. The molecule has 100 valence electrons. The first kappa shape index (κ1) is 13.6. The molecular formula is C13H16N4OS. The van der Waals surface area contributed by atoms with Crippen LogP contribution in [0.3, 0.4) is 0 Å². The normalized spacial score (nSPS) is 10.2. The average molecular weight is 276 g/mol. The van der Waals surface area contributed by atoms with E-state index in [9.17, 15) is 0 Å². The van der Waals surface area contributed by atoms with E-state index in [1.807, 2.05) is 36.6 Å². The molecule has 2 rings (SSSR count). The minimum atomic E-state index is 0.501. The Morgan fingerprint density at radius 3 is 3.00 bits per heavy atom. The van der Waals surface area contributed by atoms with E-state index in [4.69, 9.17) is 10.5 Å². The summed E-state index contributed by atoms with van der Waals surface area (Å²) in [5.74, 6) is 1.55. The van der Waals surface area contributed by atoms with Crippen molar-refractivity contribution in [3.8, 4) is 5.75 Å². The molecule has 1 aromatic heterocycles. The van der Waals surface area contributed by atoms with Gasteiger partial charge >= 0.3 is 0 Å². The molecule has 0 radical (unpaired) electrons. The van der Waals surface area contributed by atoms with Crippen LogP contribution in [0.4, 0.5) is 11.5 Å². The van der Waals surface area contributed by atoms with E-state index in [1.165, 1.54) is 0 Å². The Labute approximate surface area is 116 Å². The first-order valence-corrected chi connectivity index (χ1v) is 7.10. The van der Waals surface area contributed by atoms with Crippen LogP contribution in [0.5, 0.6) is 5.75 Å². The molecule has 1 aromatic carbocycles. The van der Waals surface area contributed by atoms with Gasteiger partial charge in [0.2, 0.25) is 0 Å².